The number of carbonyl (C=O) groups is 2. The Morgan fingerprint density at radius 2 is 1.89 bits per heavy atom. The van der Waals surface area contributed by atoms with Crippen LogP contribution in [0, 0.1) is 5.92 Å². The zero-order valence-corrected chi connectivity index (χ0v) is 23.2. The number of halogens is 1. The summed E-state index contributed by atoms with van der Waals surface area (Å²) < 4.78 is 6.45. The fraction of sp³-hybridized carbons (Fsp3) is 0.429. The lowest BCUT2D eigenvalue weighted by atomic mass is 10.0. The molecular formula is C28H32BrN5O3. The smallest absolute Gasteiger partial charge is 0.410 e. The molecule has 1 aromatic carbocycles. The van der Waals surface area contributed by atoms with Crippen LogP contribution in [0.3, 0.4) is 0 Å². The zero-order valence-electron chi connectivity index (χ0n) is 21.6. The number of carbonyl (C=O) groups excluding carboxylic acids is 2. The Morgan fingerprint density at radius 3 is 2.57 bits per heavy atom. The number of rotatable bonds is 6. The highest BCUT2D eigenvalue weighted by molar-refractivity contribution is 9.10. The molecule has 5 rings (SSSR count). The summed E-state index contributed by atoms with van der Waals surface area (Å²) in [6, 6.07) is 9.88. The summed E-state index contributed by atoms with van der Waals surface area (Å²) in [5.74, 6) is 1.08. The van der Waals surface area contributed by atoms with Crippen LogP contribution in [-0.4, -0.2) is 58.5 Å². The minimum absolute atomic E-state index is 0.0621. The molecule has 2 fully saturated rings. The molecule has 1 aliphatic heterocycles. The Labute approximate surface area is 225 Å². The van der Waals surface area contributed by atoms with Gasteiger partial charge in [0.05, 0.1) is 34.7 Å². The van der Waals surface area contributed by atoms with Gasteiger partial charge in [0.15, 0.2) is 5.78 Å². The fourth-order valence-electron chi connectivity index (χ4n) is 4.59. The van der Waals surface area contributed by atoms with E-state index in [1.807, 2.05) is 51.1 Å². The summed E-state index contributed by atoms with van der Waals surface area (Å²) in [7, 11) is 1.79. The van der Waals surface area contributed by atoms with Gasteiger partial charge >= 0.3 is 6.09 Å². The fourth-order valence-corrected chi connectivity index (χ4v) is 4.95. The van der Waals surface area contributed by atoms with Crippen molar-refractivity contribution in [3.8, 4) is 0 Å². The van der Waals surface area contributed by atoms with Crippen LogP contribution < -0.4 is 10.2 Å². The van der Waals surface area contributed by atoms with Crippen LogP contribution in [0.5, 0.6) is 0 Å². The minimum Gasteiger partial charge on any atom is -0.444 e. The molecule has 0 bridgehead atoms. The highest BCUT2D eigenvalue weighted by atomic mass is 79.9. The van der Waals surface area contributed by atoms with Crippen molar-refractivity contribution in [1.82, 2.24) is 14.9 Å². The second-order valence-corrected chi connectivity index (χ2v) is 11.8. The van der Waals surface area contributed by atoms with Crippen molar-refractivity contribution < 1.29 is 14.3 Å². The van der Waals surface area contributed by atoms with Gasteiger partial charge in [0.2, 0.25) is 0 Å². The molecule has 9 heteroatoms. The Hall–Kier alpha value is -3.20. The van der Waals surface area contributed by atoms with E-state index >= 15 is 0 Å². The van der Waals surface area contributed by atoms with Gasteiger partial charge in [-0.1, -0.05) is 15.9 Å². The molecule has 1 unspecified atom stereocenters. The molecule has 0 spiro atoms. The van der Waals surface area contributed by atoms with Crippen molar-refractivity contribution in [1.29, 1.82) is 0 Å². The van der Waals surface area contributed by atoms with E-state index in [0.29, 0.717) is 12.1 Å². The maximum absolute atomic E-state index is 13.0. The van der Waals surface area contributed by atoms with Gasteiger partial charge in [-0.25, -0.2) is 9.78 Å². The number of nitrogens with zero attached hydrogens (tertiary/aromatic N) is 4. The summed E-state index contributed by atoms with van der Waals surface area (Å²) in [6.45, 7) is 7.12. The van der Waals surface area contributed by atoms with Gasteiger partial charge in [-0.3, -0.25) is 9.78 Å². The lowest BCUT2D eigenvalue weighted by Gasteiger charge is -2.28. The van der Waals surface area contributed by atoms with Crippen molar-refractivity contribution in [2.24, 2.45) is 5.92 Å². The molecule has 3 aromatic rings. The number of hydrogen-bond acceptors (Lipinski definition) is 7. The van der Waals surface area contributed by atoms with Crippen LogP contribution in [0.4, 0.5) is 22.0 Å². The largest absolute Gasteiger partial charge is 0.444 e. The van der Waals surface area contributed by atoms with E-state index in [1.165, 1.54) is 0 Å². The van der Waals surface area contributed by atoms with Gasteiger partial charge in [0, 0.05) is 42.1 Å². The number of benzene rings is 1. The van der Waals surface area contributed by atoms with Gasteiger partial charge in [-0.15, -0.1) is 0 Å². The first kappa shape index (κ1) is 25.4. The van der Waals surface area contributed by atoms with Crippen LogP contribution in [0.1, 0.15) is 50.4 Å². The van der Waals surface area contributed by atoms with Crippen LogP contribution in [0.15, 0.2) is 47.2 Å². The third-order valence-electron chi connectivity index (χ3n) is 6.78. The Morgan fingerprint density at radius 1 is 1.11 bits per heavy atom. The molecule has 194 valence electrons. The molecule has 1 atom stereocenters. The third-order valence-corrected chi connectivity index (χ3v) is 7.27. The van der Waals surface area contributed by atoms with Crippen LogP contribution in [-0.2, 0) is 4.74 Å². The number of aromatic nitrogens is 2. The highest BCUT2D eigenvalue weighted by Gasteiger charge is 2.33. The maximum atomic E-state index is 13.0. The van der Waals surface area contributed by atoms with Crippen molar-refractivity contribution in [3.63, 3.8) is 0 Å². The Bertz CT molecular complexity index is 1330. The van der Waals surface area contributed by atoms with Gasteiger partial charge in [0.25, 0.3) is 0 Å². The topological polar surface area (TPSA) is 87.7 Å². The number of Topliss-reactive ketones (excluding diaryl/α,β-unsaturated/α-hetero) is 1. The Kier molecular flexibility index (Phi) is 6.83. The summed E-state index contributed by atoms with van der Waals surface area (Å²) in [5.41, 5.74) is 2.47. The SMILES string of the molecule is CN(C(=O)OC(C)(C)C)C1CCN(c2ccc(Nc3c(C(=O)C4CC4)cnc4ccc(Br)cc34)cn2)C1. The van der Waals surface area contributed by atoms with E-state index in [0.717, 1.165) is 58.4 Å². The number of pyridine rings is 2. The quantitative estimate of drug-likeness (QED) is 0.357. The van der Waals surface area contributed by atoms with E-state index in [4.69, 9.17) is 9.72 Å². The zero-order chi connectivity index (χ0) is 26.3. The van der Waals surface area contributed by atoms with Gasteiger partial charge < -0.3 is 19.9 Å². The van der Waals surface area contributed by atoms with Crippen molar-refractivity contribution in [2.45, 2.75) is 51.7 Å². The molecule has 0 radical (unpaired) electrons. The standard InChI is InChI=1S/C28H32BrN5O3/c1-28(2,3)37-27(36)33(4)20-11-12-34(16-20)24-10-8-19(14-31-24)32-25-21-13-18(29)7-9-23(21)30-15-22(25)26(35)17-5-6-17/h7-10,13-15,17,20H,5-6,11-12,16H2,1-4H3,(H,30,32). The molecule has 8 nitrogen and oxygen atoms in total. The first-order valence-corrected chi connectivity index (χ1v) is 13.4. The third kappa shape index (κ3) is 5.71. The number of likely N-dealkylation sites (N-methyl/N-ethyl adjacent to an activating group) is 1. The lowest BCUT2D eigenvalue weighted by molar-refractivity contribution is 0.0237. The Balaban J connectivity index is 1.33. The van der Waals surface area contributed by atoms with E-state index in [-0.39, 0.29) is 23.8 Å². The molecule has 1 saturated heterocycles. The van der Waals surface area contributed by atoms with Gasteiger partial charge in [-0.2, -0.15) is 0 Å². The molecule has 1 N–H and O–H groups in total. The first-order chi connectivity index (χ1) is 17.6. The summed E-state index contributed by atoms with van der Waals surface area (Å²) >= 11 is 3.55. The molecule has 3 heterocycles. The van der Waals surface area contributed by atoms with Crippen molar-refractivity contribution in [3.05, 3.63) is 52.8 Å². The predicted octanol–water partition coefficient (Wildman–Crippen LogP) is 6.17. The average molecular weight is 567 g/mol. The van der Waals surface area contributed by atoms with E-state index in [1.54, 1.807) is 24.3 Å². The van der Waals surface area contributed by atoms with Crippen molar-refractivity contribution in [2.75, 3.05) is 30.4 Å². The molecule has 1 saturated carbocycles. The number of anilines is 3. The molecular weight excluding hydrogens is 534 g/mol. The number of hydrogen-bond donors (Lipinski definition) is 1. The van der Waals surface area contributed by atoms with E-state index < -0.39 is 5.60 Å². The van der Waals surface area contributed by atoms with Crippen molar-refractivity contribution >= 4 is 55.9 Å². The lowest BCUT2D eigenvalue weighted by Crippen LogP contribution is -2.42. The summed E-state index contributed by atoms with van der Waals surface area (Å²) in [6.07, 6.45) is 5.89. The van der Waals surface area contributed by atoms with Gasteiger partial charge in [-0.05, 0) is 70.4 Å². The second-order valence-electron chi connectivity index (χ2n) is 10.9. The monoisotopic (exact) mass is 565 g/mol. The number of fused-ring (bicyclic) bond motifs is 1. The summed E-state index contributed by atoms with van der Waals surface area (Å²) in [4.78, 5) is 38.6. The van der Waals surface area contributed by atoms with E-state index in [2.05, 4.69) is 31.1 Å². The average Bonchev–Trinajstić information content (AvgIpc) is 3.59. The van der Waals surface area contributed by atoms with Crippen LogP contribution in [0.25, 0.3) is 10.9 Å². The predicted molar refractivity (Wildman–Crippen MR) is 149 cm³/mol. The molecule has 1 aliphatic carbocycles. The number of ether oxygens (including phenoxy) is 1. The molecule has 1 amide bonds. The van der Waals surface area contributed by atoms with Crippen LogP contribution >= 0.6 is 15.9 Å². The number of amides is 1. The molecule has 2 aromatic heterocycles. The molecule has 37 heavy (non-hydrogen) atoms. The summed E-state index contributed by atoms with van der Waals surface area (Å²) in [5, 5.41) is 4.34. The number of ketones is 1. The molecule has 2 aliphatic rings. The van der Waals surface area contributed by atoms with Gasteiger partial charge in [0.1, 0.15) is 11.4 Å². The first-order valence-electron chi connectivity index (χ1n) is 12.7. The van der Waals surface area contributed by atoms with Crippen LogP contribution in [0.2, 0.25) is 0 Å². The maximum Gasteiger partial charge on any atom is 0.410 e. The minimum atomic E-state index is -0.520. The second kappa shape index (κ2) is 9.93. The highest BCUT2D eigenvalue weighted by Crippen LogP contribution is 2.38. The number of nitrogens with one attached hydrogen (secondary N) is 1. The normalized spacial score (nSPS) is 17.6. The van der Waals surface area contributed by atoms with E-state index in [9.17, 15) is 9.59 Å².